The fraction of sp³-hybridized carbons (Fsp3) is 0.440. The molecule has 0 unspecified atom stereocenters. The van der Waals surface area contributed by atoms with Crippen molar-refractivity contribution < 1.29 is 14.3 Å². The van der Waals surface area contributed by atoms with Gasteiger partial charge in [-0.1, -0.05) is 52.7 Å². The molecule has 0 aromatic heterocycles. The first kappa shape index (κ1) is 24.9. The molecule has 0 aliphatic carbocycles. The smallest absolute Gasteiger partial charge is 0.261 e. The van der Waals surface area contributed by atoms with E-state index in [-0.39, 0.29) is 24.0 Å². The van der Waals surface area contributed by atoms with Gasteiger partial charge in [0.05, 0.1) is 0 Å². The second-order valence-corrected chi connectivity index (χ2v) is 9.73. The fourth-order valence-electron chi connectivity index (χ4n) is 3.31. The van der Waals surface area contributed by atoms with Crippen molar-refractivity contribution in [2.24, 2.45) is 0 Å². The van der Waals surface area contributed by atoms with Crippen LogP contribution in [0.4, 0.5) is 0 Å². The van der Waals surface area contributed by atoms with E-state index >= 15 is 0 Å². The number of amides is 2. The van der Waals surface area contributed by atoms with E-state index in [0.29, 0.717) is 18.7 Å². The van der Waals surface area contributed by atoms with Crippen LogP contribution in [-0.4, -0.2) is 34.9 Å². The van der Waals surface area contributed by atoms with E-state index in [4.69, 9.17) is 4.74 Å². The Morgan fingerprint density at radius 1 is 1.13 bits per heavy atom. The molecular formula is C25H33BrN2O3. The highest BCUT2D eigenvalue weighted by Gasteiger charge is 2.30. The molecule has 0 aliphatic rings. The summed E-state index contributed by atoms with van der Waals surface area (Å²) in [6.45, 7) is 11.9. The summed E-state index contributed by atoms with van der Waals surface area (Å²) in [4.78, 5) is 27.9. The first-order chi connectivity index (χ1) is 14.5. The molecule has 0 radical (unpaired) electrons. The standard InChI is InChI=1S/C25H33BrN2O3/c1-7-22(24(30)27-25(4,5)6)28(15-19-10-8-9-17(2)13-19)23(29)16-31-20-11-12-21(26)18(3)14-20/h8-14,22H,7,15-16H2,1-6H3,(H,27,30)/t22-/m1/s1. The molecule has 6 heteroatoms. The Bertz CT molecular complexity index is 921. The highest BCUT2D eigenvalue weighted by atomic mass is 79.9. The minimum absolute atomic E-state index is 0.133. The minimum atomic E-state index is -0.581. The molecule has 0 aliphatic heterocycles. The predicted molar refractivity (Wildman–Crippen MR) is 128 cm³/mol. The van der Waals surface area contributed by atoms with Crippen molar-refractivity contribution in [2.45, 2.75) is 66.1 Å². The van der Waals surface area contributed by atoms with Crippen molar-refractivity contribution >= 4 is 27.7 Å². The molecular weight excluding hydrogens is 456 g/mol. The van der Waals surface area contributed by atoms with Crippen molar-refractivity contribution in [3.05, 3.63) is 63.6 Å². The van der Waals surface area contributed by atoms with Gasteiger partial charge in [-0.2, -0.15) is 0 Å². The van der Waals surface area contributed by atoms with Crippen LogP contribution >= 0.6 is 15.9 Å². The van der Waals surface area contributed by atoms with Gasteiger partial charge < -0.3 is 15.0 Å². The van der Waals surface area contributed by atoms with Crippen LogP contribution in [0.2, 0.25) is 0 Å². The average molecular weight is 489 g/mol. The summed E-state index contributed by atoms with van der Waals surface area (Å²) in [7, 11) is 0. The molecule has 2 aromatic carbocycles. The molecule has 1 atom stereocenters. The molecule has 0 bridgehead atoms. The first-order valence-electron chi connectivity index (χ1n) is 10.6. The monoisotopic (exact) mass is 488 g/mol. The highest BCUT2D eigenvalue weighted by Crippen LogP contribution is 2.22. The SMILES string of the molecule is CC[C@H](C(=O)NC(C)(C)C)N(Cc1cccc(C)c1)C(=O)COc1ccc(Br)c(C)c1. The summed E-state index contributed by atoms with van der Waals surface area (Å²) in [5, 5.41) is 3.01. The van der Waals surface area contributed by atoms with Crippen LogP contribution in [-0.2, 0) is 16.1 Å². The van der Waals surface area contributed by atoms with Gasteiger partial charge in [0.25, 0.3) is 5.91 Å². The maximum absolute atomic E-state index is 13.2. The molecule has 31 heavy (non-hydrogen) atoms. The number of aryl methyl sites for hydroxylation is 2. The number of nitrogens with one attached hydrogen (secondary N) is 1. The fourth-order valence-corrected chi connectivity index (χ4v) is 3.56. The van der Waals surface area contributed by atoms with Gasteiger partial charge in [-0.3, -0.25) is 9.59 Å². The van der Waals surface area contributed by atoms with Crippen LogP contribution in [0, 0.1) is 13.8 Å². The number of hydrogen-bond acceptors (Lipinski definition) is 3. The summed E-state index contributed by atoms with van der Waals surface area (Å²) < 4.78 is 6.76. The quantitative estimate of drug-likeness (QED) is 0.557. The Morgan fingerprint density at radius 3 is 2.42 bits per heavy atom. The largest absolute Gasteiger partial charge is 0.484 e. The van der Waals surface area contributed by atoms with Crippen LogP contribution < -0.4 is 10.1 Å². The maximum Gasteiger partial charge on any atom is 0.261 e. The third-order valence-electron chi connectivity index (χ3n) is 4.81. The summed E-state index contributed by atoms with van der Waals surface area (Å²) >= 11 is 3.47. The number of nitrogens with zero attached hydrogens (tertiary/aromatic N) is 1. The molecule has 2 aromatic rings. The Labute approximate surface area is 194 Å². The van der Waals surface area contributed by atoms with Gasteiger partial charge in [-0.25, -0.2) is 0 Å². The zero-order valence-electron chi connectivity index (χ0n) is 19.3. The molecule has 0 spiro atoms. The first-order valence-corrected chi connectivity index (χ1v) is 11.4. The Balaban J connectivity index is 2.24. The molecule has 168 valence electrons. The molecule has 0 saturated carbocycles. The van der Waals surface area contributed by atoms with Crippen LogP contribution in [0.3, 0.4) is 0 Å². The van der Waals surface area contributed by atoms with Crippen LogP contribution in [0.5, 0.6) is 5.75 Å². The van der Waals surface area contributed by atoms with Crippen molar-refractivity contribution in [1.29, 1.82) is 0 Å². The molecule has 5 nitrogen and oxygen atoms in total. The van der Waals surface area contributed by atoms with E-state index in [2.05, 4.69) is 21.2 Å². The lowest BCUT2D eigenvalue weighted by atomic mass is 10.1. The Hall–Kier alpha value is -2.34. The van der Waals surface area contributed by atoms with Gasteiger partial charge in [0.15, 0.2) is 6.61 Å². The lowest BCUT2D eigenvalue weighted by molar-refractivity contribution is -0.143. The van der Waals surface area contributed by atoms with E-state index in [9.17, 15) is 9.59 Å². The van der Waals surface area contributed by atoms with E-state index in [1.165, 1.54) is 0 Å². The van der Waals surface area contributed by atoms with E-state index in [0.717, 1.165) is 21.2 Å². The van der Waals surface area contributed by atoms with E-state index in [1.54, 1.807) is 4.90 Å². The number of rotatable bonds is 8. The molecule has 0 saturated heterocycles. The van der Waals surface area contributed by atoms with Crippen molar-refractivity contribution in [1.82, 2.24) is 10.2 Å². The van der Waals surface area contributed by atoms with Gasteiger partial charge in [0.1, 0.15) is 11.8 Å². The average Bonchev–Trinajstić information content (AvgIpc) is 2.67. The third-order valence-corrected chi connectivity index (χ3v) is 5.70. The summed E-state index contributed by atoms with van der Waals surface area (Å²) in [5.74, 6) is 0.241. The number of halogens is 1. The molecule has 1 N–H and O–H groups in total. The van der Waals surface area contributed by atoms with Gasteiger partial charge in [-0.05, 0) is 70.4 Å². The number of benzene rings is 2. The molecule has 0 heterocycles. The number of carbonyl (C=O) groups excluding carboxylic acids is 2. The zero-order valence-corrected chi connectivity index (χ0v) is 20.9. The van der Waals surface area contributed by atoms with Gasteiger partial charge in [0, 0.05) is 16.6 Å². The van der Waals surface area contributed by atoms with E-state index < -0.39 is 6.04 Å². The second kappa shape index (κ2) is 10.8. The van der Waals surface area contributed by atoms with Crippen molar-refractivity contribution in [2.75, 3.05) is 6.61 Å². The number of ether oxygens (including phenoxy) is 1. The lowest BCUT2D eigenvalue weighted by Crippen LogP contribution is -2.54. The minimum Gasteiger partial charge on any atom is -0.484 e. The van der Waals surface area contributed by atoms with Crippen LogP contribution in [0.1, 0.15) is 50.8 Å². The predicted octanol–water partition coefficient (Wildman–Crippen LogP) is 5.17. The molecule has 2 amide bonds. The summed E-state index contributed by atoms with van der Waals surface area (Å²) in [6, 6.07) is 13.0. The van der Waals surface area contributed by atoms with Crippen molar-refractivity contribution in [3.8, 4) is 5.75 Å². The normalized spacial score (nSPS) is 12.2. The second-order valence-electron chi connectivity index (χ2n) is 8.87. The summed E-state index contributed by atoms with van der Waals surface area (Å²) in [6.07, 6.45) is 0.511. The summed E-state index contributed by atoms with van der Waals surface area (Å²) in [5.41, 5.74) is 2.74. The molecule has 0 fully saturated rings. The molecule has 2 rings (SSSR count). The maximum atomic E-state index is 13.2. The van der Waals surface area contributed by atoms with Crippen LogP contribution in [0.15, 0.2) is 46.9 Å². The zero-order chi connectivity index (χ0) is 23.2. The van der Waals surface area contributed by atoms with Gasteiger partial charge >= 0.3 is 0 Å². The Kier molecular flexibility index (Phi) is 8.69. The van der Waals surface area contributed by atoms with Crippen LogP contribution in [0.25, 0.3) is 0 Å². The Morgan fingerprint density at radius 2 is 1.84 bits per heavy atom. The number of carbonyl (C=O) groups is 2. The van der Waals surface area contributed by atoms with E-state index in [1.807, 2.05) is 84.0 Å². The van der Waals surface area contributed by atoms with Crippen molar-refractivity contribution in [3.63, 3.8) is 0 Å². The lowest BCUT2D eigenvalue weighted by Gasteiger charge is -2.33. The third kappa shape index (κ3) is 7.69. The van der Waals surface area contributed by atoms with Gasteiger partial charge in [-0.15, -0.1) is 0 Å². The highest BCUT2D eigenvalue weighted by molar-refractivity contribution is 9.10. The van der Waals surface area contributed by atoms with Gasteiger partial charge in [0.2, 0.25) is 5.91 Å². The topological polar surface area (TPSA) is 58.6 Å². The number of hydrogen-bond donors (Lipinski definition) is 1.